The Balaban J connectivity index is 2.26. The Hall–Kier alpha value is -1.57. The van der Waals surface area contributed by atoms with Crippen molar-refractivity contribution in [2.45, 2.75) is 11.8 Å². The van der Waals surface area contributed by atoms with Gasteiger partial charge in [-0.2, -0.15) is 0 Å². The van der Waals surface area contributed by atoms with Gasteiger partial charge in [0.15, 0.2) is 0 Å². The normalized spacial score (nSPS) is 11.2. The summed E-state index contributed by atoms with van der Waals surface area (Å²) < 4.78 is 31.9. The number of anilines is 1. The molecule has 0 fully saturated rings. The number of halogens is 2. The molecule has 0 spiro atoms. The van der Waals surface area contributed by atoms with Crippen LogP contribution in [0.2, 0.25) is 10.0 Å². The van der Waals surface area contributed by atoms with Crippen LogP contribution in [0, 0.1) is 0 Å². The van der Waals surface area contributed by atoms with Crippen LogP contribution in [0.25, 0.3) is 0 Å². The molecule has 2 rings (SSSR count). The van der Waals surface area contributed by atoms with Gasteiger partial charge in [0.05, 0.1) is 29.7 Å². The second-order valence-electron chi connectivity index (χ2n) is 3.87. The lowest BCUT2D eigenvalue weighted by atomic mass is 10.4. The summed E-state index contributed by atoms with van der Waals surface area (Å²) in [6, 6.07) is 4.35. The number of aromatic nitrogens is 2. The van der Waals surface area contributed by atoms with E-state index in [1.807, 2.05) is 0 Å². The Kier molecular flexibility index (Phi) is 4.87. The van der Waals surface area contributed by atoms with E-state index in [9.17, 15) is 8.42 Å². The molecule has 0 aliphatic rings. The lowest BCUT2D eigenvalue weighted by Crippen LogP contribution is -2.14. The molecule has 1 aromatic heterocycles. The molecule has 0 saturated carbocycles. The average molecular weight is 348 g/mol. The largest absolute Gasteiger partial charge is 0.464 e. The van der Waals surface area contributed by atoms with Gasteiger partial charge < -0.3 is 4.74 Å². The van der Waals surface area contributed by atoms with Gasteiger partial charge in [0.2, 0.25) is 0 Å². The van der Waals surface area contributed by atoms with Crippen molar-refractivity contribution in [1.29, 1.82) is 0 Å². The number of rotatable bonds is 5. The first-order valence-electron chi connectivity index (χ1n) is 5.85. The summed E-state index contributed by atoms with van der Waals surface area (Å²) in [5.74, 6) is 0. The average Bonchev–Trinajstić information content (AvgIpc) is 2.43. The zero-order valence-electron chi connectivity index (χ0n) is 10.9. The van der Waals surface area contributed by atoms with Crippen molar-refractivity contribution < 1.29 is 13.2 Å². The van der Waals surface area contributed by atoms with Gasteiger partial charge in [-0.3, -0.25) is 4.72 Å². The van der Waals surface area contributed by atoms with E-state index < -0.39 is 10.0 Å². The maximum atomic E-state index is 12.2. The Labute approximate surface area is 132 Å². The predicted molar refractivity (Wildman–Crippen MR) is 80.5 cm³/mol. The van der Waals surface area contributed by atoms with Gasteiger partial charge >= 0.3 is 6.01 Å². The predicted octanol–water partition coefficient (Wildman–Crippen LogP) is 2.98. The van der Waals surface area contributed by atoms with Crippen molar-refractivity contribution in [3.05, 3.63) is 40.6 Å². The minimum atomic E-state index is -3.88. The highest BCUT2D eigenvalue weighted by Crippen LogP contribution is 2.26. The number of nitrogens with zero attached hydrogens (tertiary/aromatic N) is 2. The van der Waals surface area contributed by atoms with Gasteiger partial charge in [-0.05, 0) is 25.1 Å². The summed E-state index contributed by atoms with van der Waals surface area (Å²) in [5, 5.41) is 0.335. The zero-order valence-corrected chi connectivity index (χ0v) is 13.2. The molecule has 0 aliphatic carbocycles. The molecule has 0 bridgehead atoms. The molecule has 0 atom stereocenters. The van der Waals surface area contributed by atoms with Crippen LogP contribution in [0.4, 0.5) is 5.69 Å². The summed E-state index contributed by atoms with van der Waals surface area (Å²) in [5.41, 5.74) is 0.189. The Morgan fingerprint density at radius 2 is 1.90 bits per heavy atom. The van der Waals surface area contributed by atoms with E-state index in [2.05, 4.69) is 14.7 Å². The minimum Gasteiger partial charge on any atom is -0.464 e. The molecule has 0 saturated heterocycles. The van der Waals surface area contributed by atoms with Crippen LogP contribution in [0.5, 0.6) is 6.01 Å². The van der Waals surface area contributed by atoms with Gasteiger partial charge in [0.1, 0.15) is 4.90 Å². The van der Waals surface area contributed by atoms with Gasteiger partial charge in [0, 0.05) is 5.02 Å². The van der Waals surface area contributed by atoms with Crippen molar-refractivity contribution in [3.63, 3.8) is 0 Å². The SMILES string of the molecule is CCOc1ncc(NS(=O)(=O)c2cc(Cl)ccc2Cl)cn1. The lowest BCUT2D eigenvalue weighted by molar-refractivity contribution is 0.312. The number of nitrogens with one attached hydrogen (secondary N) is 1. The third-order valence-electron chi connectivity index (χ3n) is 2.34. The third kappa shape index (κ3) is 3.96. The molecule has 0 amide bonds. The van der Waals surface area contributed by atoms with Crippen molar-refractivity contribution in [2.75, 3.05) is 11.3 Å². The lowest BCUT2D eigenvalue weighted by Gasteiger charge is -2.09. The quantitative estimate of drug-likeness (QED) is 0.898. The fourth-order valence-corrected chi connectivity index (χ4v) is 3.26. The first-order chi connectivity index (χ1) is 9.92. The van der Waals surface area contributed by atoms with Crippen LogP contribution in [0.3, 0.4) is 0 Å². The molecular weight excluding hydrogens is 337 g/mol. The standard InChI is InChI=1S/C12H11Cl2N3O3S/c1-2-20-12-15-6-9(7-16-12)17-21(18,19)11-5-8(13)3-4-10(11)14/h3-7,17H,2H2,1H3. The van der Waals surface area contributed by atoms with Crippen molar-refractivity contribution >= 4 is 38.9 Å². The van der Waals surface area contributed by atoms with Crippen LogP contribution in [-0.4, -0.2) is 25.0 Å². The fourth-order valence-electron chi connectivity index (χ4n) is 1.47. The number of benzene rings is 1. The van der Waals surface area contributed by atoms with E-state index in [-0.39, 0.29) is 26.6 Å². The summed E-state index contributed by atoms with van der Waals surface area (Å²) in [4.78, 5) is 7.61. The van der Waals surface area contributed by atoms with Crippen LogP contribution in [0.1, 0.15) is 6.92 Å². The number of ether oxygens (including phenoxy) is 1. The fraction of sp³-hybridized carbons (Fsp3) is 0.167. The maximum Gasteiger partial charge on any atom is 0.316 e. The maximum absolute atomic E-state index is 12.2. The van der Waals surface area contributed by atoms with Crippen LogP contribution < -0.4 is 9.46 Å². The molecule has 1 heterocycles. The van der Waals surface area contributed by atoms with Gasteiger partial charge in [-0.25, -0.2) is 18.4 Å². The van der Waals surface area contributed by atoms with Crippen molar-refractivity contribution in [1.82, 2.24) is 9.97 Å². The highest BCUT2D eigenvalue weighted by Gasteiger charge is 2.19. The van der Waals surface area contributed by atoms with Crippen LogP contribution in [-0.2, 0) is 10.0 Å². The van der Waals surface area contributed by atoms with E-state index in [1.54, 1.807) is 6.92 Å². The highest BCUT2D eigenvalue weighted by molar-refractivity contribution is 7.92. The van der Waals surface area contributed by atoms with E-state index in [1.165, 1.54) is 30.6 Å². The Morgan fingerprint density at radius 1 is 1.24 bits per heavy atom. The molecule has 1 N–H and O–H groups in total. The summed E-state index contributed by atoms with van der Waals surface area (Å²) in [6.45, 7) is 2.21. The topological polar surface area (TPSA) is 81.2 Å². The Bertz CT molecular complexity index is 736. The second-order valence-corrected chi connectivity index (χ2v) is 6.36. The number of sulfonamides is 1. The third-order valence-corrected chi connectivity index (χ3v) is 4.43. The summed E-state index contributed by atoms with van der Waals surface area (Å²) in [6.07, 6.45) is 2.60. The number of hydrogen-bond acceptors (Lipinski definition) is 5. The molecule has 112 valence electrons. The molecule has 1 aromatic carbocycles. The molecule has 0 unspecified atom stereocenters. The molecule has 9 heteroatoms. The molecule has 0 aliphatic heterocycles. The molecule has 6 nitrogen and oxygen atoms in total. The first kappa shape index (κ1) is 15.8. The van der Waals surface area contributed by atoms with Gasteiger partial charge in [0.25, 0.3) is 10.0 Å². The van der Waals surface area contributed by atoms with E-state index in [0.717, 1.165) is 0 Å². The Morgan fingerprint density at radius 3 is 2.52 bits per heavy atom. The molecule has 2 aromatic rings. The minimum absolute atomic E-state index is 0.0683. The number of hydrogen-bond donors (Lipinski definition) is 1. The summed E-state index contributed by atoms with van der Waals surface area (Å²) in [7, 11) is -3.88. The molecule has 21 heavy (non-hydrogen) atoms. The molecule has 0 radical (unpaired) electrons. The smallest absolute Gasteiger partial charge is 0.316 e. The first-order valence-corrected chi connectivity index (χ1v) is 8.09. The van der Waals surface area contributed by atoms with Gasteiger partial charge in [-0.15, -0.1) is 0 Å². The monoisotopic (exact) mass is 347 g/mol. The van der Waals surface area contributed by atoms with Gasteiger partial charge in [-0.1, -0.05) is 23.2 Å². The van der Waals surface area contributed by atoms with Crippen molar-refractivity contribution in [2.24, 2.45) is 0 Å². The summed E-state index contributed by atoms with van der Waals surface area (Å²) >= 11 is 11.7. The van der Waals surface area contributed by atoms with Crippen molar-refractivity contribution in [3.8, 4) is 6.01 Å². The zero-order chi connectivity index (χ0) is 15.5. The highest BCUT2D eigenvalue weighted by atomic mass is 35.5. The van der Waals surface area contributed by atoms with E-state index >= 15 is 0 Å². The van der Waals surface area contributed by atoms with Crippen LogP contribution >= 0.6 is 23.2 Å². The molecular formula is C12H11Cl2N3O3S. The van der Waals surface area contributed by atoms with Crippen LogP contribution in [0.15, 0.2) is 35.5 Å². The van der Waals surface area contributed by atoms with E-state index in [4.69, 9.17) is 27.9 Å². The van der Waals surface area contributed by atoms with E-state index in [0.29, 0.717) is 6.61 Å². The second kappa shape index (κ2) is 6.46.